The fourth-order valence-corrected chi connectivity index (χ4v) is 4.26. The maximum absolute atomic E-state index is 12.2. The van der Waals surface area contributed by atoms with E-state index in [0.29, 0.717) is 17.8 Å². The molecule has 0 radical (unpaired) electrons. The zero-order valence-electron chi connectivity index (χ0n) is 18.2. The molecular formula is C26H32O4. The molecule has 2 aromatic rings. The maximum Gasteiger partial charge on any atom is 0.344 e. The van der Waals surface area contributed by atoms with E-state index in [4.69, 9.17) is 9.47 Å². The molecule has 160 valence electrons. The highest BCUT2D eigenvalue weighted by Crippen LogP contribution is 2.35. The van der Waals surface area contributed by atoms with Gasteiger partial charge in [0.15, 0.2) is 6.61 Å². The summed E-state index contributed by atoms with van der Waals surface area (Å²) >= 11 is 0. The predicted molar refractivity (Wildman–Crippen MR) is 118 cm³/mol. The van der Waals surface area contributed by atoms with Gasteiger partial charge in [-0.05, 0) is 47.3 Å². The molecule has 2 aromatic carbocycles. The molecule has 0 N–H and O–H groups in total. The van der Waals surface area contributed by atoms with Crippen LogP contribution < -0.4 is 0 Å². The molecule has 1 fully saturated rings. The number of ether oxygens (including phenoxy) is 2. The summed E-state index contributed by atoms with van der Waals surface area (Å²) in [6.45, 7) is 6.21. The Kier molecular flexibility index (Phi) is 7.67. The van der Waals surface area contributed by atoms with Gasteiger partial charge in [0, 0.05) is 0 Å². The molecule has 1 aliphatic rings. The van der Waals surface area contributed by atoms with Crippen LogP contribution in [0, 0.1) is 17.8 Å². The number of hydrogen-bond donors (Lipinski definition) is 0. The fraction of sp³-hybridized carbons (Fsp3) is 0.462. The Morgan fingerprint density at radius 2 is 1.60 bits per heavy atom. The topological polar surface area (TPSA) is 52.6 Å². The molecule has 0 amide bonds. The summed E-state index contributed by atoms with van der Waals surface area (Å²) < 4.78 is 10.9. The van der Waals surface area contributed by atoms with Crippen LogP contribution in [-0.2, 0) is 25.5 Å². The summed E-state index contributed by atoms with van der Waals surface area (Å²) in [6, 6.07) is 17.9. The fourth-order valence-electron chi connectivity index (χ4n) is 4.26. The monoisotopic (exact) mass is 408 g/mol. The summed E-state index contributed by atoms with van der Waals surface area (Å²) in [5, 5.41) is 0. The lowest BCUT2D eigenvalue weighted by Crippen LogP contribution is -2.36. The number of benzene rings is 2. The van der Waals surface area contributed by atoms with Crippen LogP contribution in [0.3, 0.4) is 0 Å². The quantitative estimate of drug-likeness (QED) is 0.572. The molecule has 0 heterocycles. The van der Waals surface area contributed by atoms with Crippen molar-refractivity contribution in [3.05, 3.63) is 60.2 Å². The van der Waals surface area contributed by atoms with Crippen molar-refractivity contribution in [1.82, 2.24) is 0 Å². The zero-order valence-corrected chi connectivity index (χ0v) is 18.2. The Bertz CT molecular complexity index is 826. The van der Waals surface area contributed by atoms with Crippen LogP contribution in [0.2, 0.25) is 0 Å². The van der Waals surface area contributed by atoms with E-state index >= 15 is 0 Å². The van der Waals surface area contributed by atoms with E-state index in [1.807, 2.05) is 54.6 Å². The molecule has 0 unspecified atom stereocenters. The molecule has 3 rings (SSSR count). The van der Waals surface area contributed by atoms with Gasteiger partial charge in [0.2, 0.25) is 0 Å². The van der Waals surface area contributed by atoms with Crippen LogP contribution in [0.4, 0.5) is 0 Å². The molecule has 4 nitrogen and oxygen atoms in total. The normalized spacial score (nSPS) is 21.3. The molecule has 30 heavy (non-hydrogen) atoms. The summed E-state index contributed by atoms with van der Waals surface area (Å²) in [5.74, 6) is 0.532. The van der Waals surface area contributed by atoms with Gasteiger partial charge in [-0.25, -0.2) is 4.79 Å². The van der Waals surface area contributed by atoms with Gasteiger partial charge in [0.05, 0.1) is 6.42 Å². The van der Waals surface area contributed by atoms with Crippen molar-refractivity contribution >= 4 is 11.9 Å². The molecular weight excluding hydrogens is 376 g/mol. The molecule has 0 spiro atoms. The van der Waals surface area contributed by atoms with Crippen LogP contribution in [0.15, 0.2) is 54.6 Å². The second-order valence-electron chi connectivity index (χ2n) is 8.75. The van der Waals surface area contributed by atoms with Crippen molar-refractivity contribution in [2.24, 2.45) is 17.8 Å². The maximum atomic E-state index is 12.2. The lowest BCUT2D eigenvalue weighted by atomic mass is 9.75. The molecule has 0 aromatic heterocycles. The van der Waals surface area contributed by atoms with Crippen molar-refractivity contribution in [3.8, 4) is 11.1 Å². The van der Waals surface area contributed by atoms with Crippen LogP contribution in [0.1, 0.15) is 45.6 Å². The van der Waals surface area contributed by atoms with Crippen LogP contribution in [0.5, 0.6) is 0 Å². The molecule has 4 heteroatoms. The SMILES string of the molecule is CC(C)[C@H]1CC[C@H](C)C[C@@H]1OC(=O)COC(=O)Cc1ccc(-c2ccccc2)cc1. The average Bonchev–Trinajstić information content (AvgIpc) is 2.73. The summed E-state index contributed by atoms with van der Waals surface area (Å²) in [7, 11) is 0. The largest absolute Gasteiger partial charge is 0.460 e. The first-order chi connectivity index (χ1) is 14.4. The predicted octanol–water partition coefficient (Wildman–Crippen LogP) is 5.44. The van der Waals surface area contributed by atoms with Crippen LogP contribution >= 0.6 is 0 Å². The summed E-state index contributed by atoms with van der Waals surface area (Å²) in [6.07, 6.45) is 3.20. The van der Waals surface area contributed by atoms with Gasteiger partial charge in [-0.3, -0.25) is 4.79 Å². The van der Waals surface area contributed by atoms with Crippen molar-refractivity contribution in [2.75, 3.05) is 6.61 Å². The molecule has 1 aliphatic carbocycles. The Hall–Kier alpha value is -2.62. The van der Waals surface area contributed by atoms with Crippen LogP contribution in [0.25, 0.3) is 11.1 Å². The Morgan fingerprint density at radius 3 is 2.27 bits per heavy atom. The van der Waals surface area contributed by atoms with E-state index in [1.165, 1.54) is 6.42 Å². The third kappa shape index (κ3) is 6.19. The first kappa shape index (κ1) is 22.1. The van der Waals surface area contributed by atoms with E-state index in [-0.39, 0.29) is 19.1 Å². The smallest absolute Gasteiger partial charge is 0.344 e. The number of esters is 2. The average molecular weight is 409 g/mol. The minimum absolute atomic E-state index is 0.0783. The molecule has 0 aliphatic heterocycles. The molecule has 1 saturated carbocycles. The summed E-state index contributed by atoms with van der Waals surface area (Å²) in [4.78, 5) is 24.4. The number of carbonyl (C=O) groups excluding carboxylic acids is 2. The van der Waals surface area contributed by atoms with Gasteiger partial charge in [-0.1, -0.05) is 81.8 Å². The standard InChI is InChI=1S/C26H32O4/c1-18(2)23-14-9-19(3)15-24(23)30-26(28)17-29-25(27)16-20-10-12-22(13-11-20)21-7-5-4-6-8-21/h4-8,10-13,18-19,23-24H,9,14-17H2,1-3H3/t19-,23+,24-/m0/s1. The first-order valence-corrected chi connectivity index (χ1v) is 10.9. The van der Waals surface area contributed by atoms with Crippen molar-refractivity contribution in [1.29, 1.82) is 0 Å². The zero-order chi connectivity index (χ0) is 21.5. The third-order valence-corrected chi connectivity index (χ3v) is 6.00. The van der Waals surface area contributed by atoms with E-state index in [0.717, 1.165) is 29.5 Å². The van der Waals surface area contributed by atoms with Gasteiger partial charge >= 0.3 is 11.9 Å². The van der Waals surface area contributed by atoms with E-state index in [1.54, 1.807) is 0 Å². The number of carbonyl (C=O) groups is 2. The highest BCUT2D eigenvalue weighted by Gasteiger charge is 2.33. The van der Waals surface area contributed by atoms with E-state index in [2.05, 4.69) is 20.8 Å². The van der Waals surface area contributed by atoms with Crippen molar-refractivity contribution < 1.29 is 19.1 Å². The van der Waals surface area contributed by atoms with E-state index in [9.17, 15) is 9.59 Å². The van der Waals surface area contributed by atoms with Crippen molar-refractivity contribution in [2.45, 2.75) is 52.6 Å². The Morgan fingerprint density at radius 1 is 0.933 bits per heavy atom. The number of rotatable bonds is 7. The first-order valence-electron chi connectivity index (χ1n) is 10.9. The van der Waals surface area contributed by atoms with Gasteiger partial charge in [0.25, 0.3) is 0 Å². The van der Waals surface area contributed by atoms with Gasteiger partial charge in [0.1, 0.15) is 6.10 Å². The second kappa shape index (κ2) is 10.4. The van der Waals surface area contributed by atoms with Crippen molar-refractivity contribution in [3.63, 3.8) is 0 Å². The van der Waals surface area contributed by atoms with Gasteiger partial charge in [-0.2, -0.15) is 0 Å². The highest BCUT2D eigenvalue weighted by atomic mass is 16.6. The minimum Gasteiger partial charge on any atom is -0.460 e. The lowest BCUT2D eigenvalue weighted by molar-refractivity contribution is -0.166. The number of hydrogen-bond acceptors (Lipinski definition) is 4. The van der Waals surface area contributed by atoms with Gasteiger partial charge in [-0.15, -0.1) is 0 Å². The highest BCUT2D eigenvalue weighted by molar-refractivity contribution is 5.78. The van der Waals surface area contributed by atoms with Gasteiger partial charge < -0.3 is 9.47 Å². The molecule has 0 bridgehead atoms. The Labute approximate surface area is 179 Å². The molecule has 0 saturated heterocycles. The molecule has 3 atom stereocenters. The van der Waals surface area contributed by atoms with Crippen LogP contribution in [-0.4, -0.2) is 24.6 Å². The lowest BCUT2D eigenvalue weighted by Gasteiger charge is -2.36. The Balaban J connectivity index is 1.46. The third-order valence-electron chi connectivity index (χ3n) is 6.00. The van der Waals surface area contributed by atoms with E-state index < -0.39 is 11.9 Å². The minimum atomic E-state index is -0.451. The summed E-state index contributed by atoms with van der Waals surface area (Å²) in [5.41, 5.74) is 3.08. The second-order valence-corrected chi connectivity index (χ2v) is 8.75.